The number of halogens is 2. The SMILES string of the molecule is [O-][S+](C1(c2ccccc2)CCCC(F)C1)C1(c2ccccc2)CCCC(F)C1. The Balaban J connectivity index is 1.84. The van der Waals surface area contributed by atoms with Crippen LogP contribution < -0.4 is 0 Å². The number of hydrogen-bond donors (Lipinski definition) is 0. The molecule has 4 rings (SSSR count). The Labute approximate surface area is 169 Å². The number of hydrogen-bond acceptors (Lipinski definition) is 1. The van der Waals surface area contributed by atoms with Crippen molar-refractivity contribution >= 4 is 11.2 Å². The molecule has 0 radical (unpaired) electrons. The zero-order valence-electron chi connectivity index (χ0n) is 16.2. The van der Waals surface area contributed by atoms with Crippen LogP contribution in [0.4, 0.5) is 8.78 Å². The molecule has 2 aromatic rings. The van der Waals surface area contributed by atoms with E-state index in [0.29, 0.717) is 38.5 Å². The van der Waals surface area contributed by atoms with Gasteiger partial charge in [0.25, 0.3) is 0 Å². The molecule has 4 unspecified atom stereocenters. The van der Waals surface area contributed by atoms with Crippen LogP contribution in [0.15, 0.2) is 60.7 Å². The van der Waals surface area contributed by atoms with Gasteiger partial charge >= 0.3 is 0 Å². The van der Waals surface area contributed by atoms with Crippen LogP contribution in [0.3, 0.4) is 0 Å². The Bertz CT molecular complexity index is 705. The average Bonchev–Trinajstić information content (AvgIpc) is 2.74. The molecule has 0 saturated heterocycles. The van der Waals surface area contributed by atoms with Crippen molar-refractivity contribution in [3.63, 3.8) is 0 Å². The molecule has 28 heavy (non-hydrogen) atoms. The highest BCUT2D eigenvalue weighted by Crippen LogP contribution is 2.56. The maximum Gasteiger partial charge on any atom is 0.154 e. The van der Waals surface area contributed by atoms with E-state index in [2.05, 4.69) is 0 Å². The molecule has 2 saturated carbocycles. The lowest BCUT2D eigenvalue weighted by molar-refractivity contribution is 0.190. The van der Waals surface area contributed by atoms with E-state index >= 15 is 0 Å². The fourth-order valence-electron chi connectivity index (χ4n) is 5.28. The maximum absolute atomic E-state index is 14.7. The molecule has 4 heteroatoms. The Hall–Kier alpha value is -1.39. The third kappa shape index (κ3) is 3.50. The van der Waals surface area contributed by atoms with Crippen LogP contribution in [0.1, 0.15) is 62.5 Å². The Morgan fingerprint density at radius 3 is 1.46 bits per heavy atom. The second-order valence-corrected chi connectivity index (χ2v) is 10.5. The van der Waals surface area contributed by atoms with Gasteiger partial charge in [-0.3, -0.25) is 0 Å². The molecular weight excluding hydrogens is 374 g/mol. The largest absolute Gasteiger partial charge is 0.615 e. The van der Waals surface area contributed by atoms with Gasteiger partial charge in [-0.25, -0.2) is 8.78 Å². The van der Waals surface area contributed by atoms with Crippen molar-refractivity contribution in [3.05, 3.63) is 71.8 Å². The van der Waals surface area contributed by atoms with Gasteiger partial charge < -0.3 is 4.55 Å². The smallest absolute Gasteiger partial charge is 0.154 e. The molecule has 2 aliphatic rings. The molecule has 0 aliphatic heterocycles. The van der Waals surface area contributed by atoms with Gasteiger partial charge in [0.15, 0.2) is 9.49 Å². The normalized spacial score (nSPS) is 34.7. The summed E-state index contributed by atoms with van der Waals surface area (Å²) in [6, 6.07) is 19.5. The van der Waals surface area contributed by atoms with E-state index in [-0.39, 0.29) is 12.8 Å². The molecule has 0 bridgehead atoms. The third-order valence-electron chi connectivity index (χ3n) is 6.61. The minimum atomic E-state index is -1.43. The summed E-state index contributed by atoms with van der Waals surface area (Å²) in [6.07, 6.45) is 2.45. The van der Waals surface area contributed by atoms with Crippen LogP contribution in [-0.4, -0.2) is 16.9 Å². The van der Waals surface area contributed by atoms with Gasteiger partial charge in [0.1, 0.15) is 12.3 Å². The van der Waals surface area contributed by atoms with Gasteiger partial charge in [-0.1, -0.05) is 60.7 Å². The quantitative estimate of drug-likeness (QED) is 0.547. The lowest BCUT2D eigenvalue weighted by Crippen LogP contribution is -2.53. The van der Waals surface area contributed by atoms with Gasteiger partial charge in [-0.05, 0) is 36.9 Å². The topological polar surface area (TPSA) is 23.1 Å². The van der Waals surface area contributed by atoms with E-state index in [1.807, 2.05) is 60.7 Å². The number of rotatable bonds is 4. The average molecular weight is 403 g/mol. The minimum Gasteiger partial charge on any atom is -0.615 e. The Morgan fingerprint density at radius 1 is 0.714 bits per heavy atom. The molecule has 4 atom stereocenters. The van der Waals surface area contributed by atoms with Crippen molar-refractivity contribution in [1.82, 2.24) is 0 Å². The first-order valence-electron chi connectivity index (χ1n) is 10.4. The summed E-state index contributed by atoms with van der Waals surface area (Å²) in [4.78, 5) is 0. The number of benzene rings is 2. The predicted octanol–water partition coefficient (Wildman–Crippen LogP) is 6.35. The summed E-state index contributed by atoms with van der Waals surface area (Å²) < 4.78 is 42.3. The zero-order chi connectivity index (χ0) is 19.6. The summed E-state index contributed by atoms with van der Waals surface area (Å²) in [5.74, 6) is 0. The molecule has 2 fully saturated rings. The van der Waals surface area contributed by atoms with E-state index in [1.54, 1.807) is 0 Å². The monoisotopic (exact) mass is 402 g/mol. The highest BCUT2D eigenvalue weighted by atomic mass is 32.2. The van der Waals surface area contributed by atoms with Gasteiger partial charge in [0.2, 0.25) is 0 Å². The van der Waals surface area contributed by atoms with Gasteiger partial charge in [-0.2, -0.15) is 0 Å². The molecule has 0 aromatic heterocycles. The maximum atomic E-state index is 14.7. The van der Waals surface area contributed by atoms with Gasteiger partial charge in [0, 0.05) is 36.8 Å². The van der Waals surface area contributed by atoms with Crippen molar-refractivity contribution in [1.29, 1.82) is 0 Å². The first-order valence-corrected chi connectivity index (χ1v) is 11.5. The fraction of sp³-hybridized carbons (Fsp3) is 0.500. The van der Waals surface area contributed by atoms with Crippen molar-refractivity contribution in [2.24, 2.45) is 0 Å². The molecule has 0 amide bonds. The molecule has 150 valence electrons. The lowest BCUT2D eigenvalue weighted by Gasteiger charge is -2.50. The first kappa shape index (κ1) is 19.9. The van der Waals surface area contributed by atoms with Gasteiger partial charge in [-0.15, -0.1) is 0 Å². The van der Waals surface area contributed by atoms with E-state index in [9.17, 15) is 13.3 Å². The summed E-state index contributed by atoms with van der Waals surface area (Å²) >= 11 is -1.43. The van der Waals surface area contributed by atoms with Crippen LogP contribution in [0.2, 0.25) is 0 Å². The van der Waals surface area contributed by atoms with Gasteiger partial charge in [0.05, 0.1) is 0 Å². The lowest BCUT2D eigenvalue weighted by atomic mass is 9.81. The summed E-state index contributed by atoms with van der Waals surface area (Å²) in [5.41, 5.74) is 1.87. The van der Waals surface area contributed by atoms with E-state index in [4.69, 9.17) is 0 Å². The summed E-state index contributed by atoms with van der Waals surface area (Å²) in [7, 11) is 0. The zero-order valence-corrected chi connectivity index (χ0v) is 17.0. The minimum absolute atomic E-state index is 0.259. The van der Waals surface area contributed by atoms with Crippen molar-refractivity contribution in [3.8, 4) is 0 Å². The van der Waals surface area contributed by atoms with Crippen molar-refractivity contribution < 1.29 is 13.3 Å². The van der Waals surface area contributed by atoms with E-state index in [1.165, 1.54) is 0 Å². The number of alkyl halides is 2. The molecule has 2 aliphatic carbocycles. The van der Waals surface area contributed by atoms with E-state index in [0.717, 1.165) is 11.1 Å². The molecule has 0 heterocycles. The van der Waals surface area contributed by atoms with Crippen LogP contribution in [0.25, 0.3) is 0 Å². The first-order chi connectivity index (χ1) is 13.6. The van der Waals surface area contributed by atoms with Crippen LogP contribution >= 0.6 is 0 Å². The highest BCUT2D eigenvalue weighted by molar-refractivity contribution is 7.93. The summed E-state index contributed by atoms with van der Waals surface area (Å²) in [6.45, 7) is 0. The van der Waals surface area contributed by atoms with Crippen LogP contribution in [-0.2, 0) is 20.7 Å². The fourth-order valence-corrected chi connectivity index (χ4v) is 8.05. The molecule has 0 N–H and O–H groups in total. The molecule has 1 nitrogen and oxygen atoms in total. The highest BCUT2D eigenvalue weighted by Gasteiger charge is 2.59. The summed E-state index contributed by atoms with van der Waals surface area (Å²) in [5, 5.41) is 0. The van der Waals surface area contributed by atoms with Crippen LogP contribution in [0, 0.1) is 0 Å². The Morgan fingerprint density at radius 2 is 1.11 bits per heavy atom. The molecule has 2 aromatic carbocycles. The second-order valence-electron chi connectivity index (χ2n) is 8.38. The Kier molecular flexibility index (Phi) is 5.80. The third-order valence-corrected chi connectivity index (χ3v) is 9.24. The second kappa shape index (κ2) is 8.16. The van der Waals surface area contributed by atoms with E-state index < -0.39 is 33.0 Å². The van der Waals surface area contributed by atoms with Crippen molar-refractivity contribution in [2.45, 2.75) is 73.2 Å². The standard InChI is InChI=1S/C24H28F2OS/c25-21-13-7-15-23(17-21,19-9-3-1-4-10-19)28(27)24(16-8-14-22(26)18-24)20-11-5-2-6-12-20/h1-6,9-12,21-22H,7-8,13-18H2. The predicted molar refractivity (Wildman–Crippen MR) is 111 cm³/mol. The molecular formula is C24H28F2OS. The van der Waals surface area contributed by atoms with Crippen molar-refractivity contribution in [2.75, 3.05) is 0 Å². The van der Waals surface area contributed by atoms with Crippen LogP contribution in [0.5, 0.6) is 0 Å². The molecule has 0 spiro atoms.